The van der Waals surface area contributed by atoms with Crippen LogP contribution in [-0.4, -0.2) is 23.7 Å². The predicted molar refractivity (Wildman–Crippen MR) is 69.9 cm³/mol. The van der Waals surface area contributed by atoms with Gasteiger partial charge < -0.3 is 9.47 Å². The molecule has 0 aromatic heterocycles. The average molecular weight is 316 g/mol. The SMILES string of the molecule is CCOCC1(Oc2ccc(Br)cc2[N+](=O)[O-])CC1. The smallest absolute Gasteiger partial charge is 0.312 e. The summed E-state index contributed by atoms with van der Waals surface area (Å²) in [5, 5.41) is 11.0. The maximum absolute atomic E-state index is 11.0. The van der Waals surface area contributed by atoms with Gasteiger partial charge in [0.25, 0.3) is 0 Å². The summed E-state index contributed by atoms with van der Waals surface area (Å²) in [5.74, 6) is 0.306. The lowest BCUT2D eigenvalue weighted by molar-refractivity contribution is -0.386. The molecule has 0 heterocycles. The second kappa shape index (κ2) is 5.24. The molecule has 0 saturated heterocycles. The Hall–Kier alpha value is -1.14. The van der Waals surface area contributed by atoms with Crippen LogP contribution in [0.2, 0.25) is 0 Å². The van der Waals surface area contributed by atoms with E-state index in [0.717, 1.165) is 12.8 Å². The van der Waals surface area contributed by atoms with Crippen LogP contribution >= 0.6 is 15.9 Å². The minimum atomic E-state index is -0.434. The van der Waals surface area contributed by atoms with E-state index in [1.54, 1.807) is 12.1 Å². The van der Waals surface area contributed by atoms with Crippen molar-refractivity contribution in [1.82, 2.24) is 0 Å². The Bertz CT molecular complexity index is 459. The molecule has 18 heavy (non-hydrogen) atoms. The Balaban J connectivity index is 2.16. The first kappa shape index (κ1) is 13.3. The van der Waals surface area contributed by atoms with Crippen LogP contribution in [0, 0.1) is 10.1 Å². The van der Waals surface area contributed by atoms with E-state index in [4.69, 9.17) is 9.47 Å². The minimum Gasteiger partial charge on any atom is -0.478 e. The first-order valence-electron chi connectivity index (χ1n) is 5.77. The first-order chi connectivity index (χ1) is 8.56. The molecule has 1 aliphatic rings. The summed E-state index contributed by atoms with van der Waals surface area (Å²) in [6, 6.07) is 4.80. The zero-order valence-electron chi connectivity index (χ0n) is 10.0. The van der Waals surface area contributed by atoms with E-state index < -0.39 is 4.92 Å². The molecule has 6 heteroatoms. The molecular formula is C12H14BrNO4. The predicted octanol–water partition coefficient (Wildman–Crippen LogP) is 3.31. The molecule has 1 aromatic carbocycles. The highest BCUT2D eigenvalue weighted by Crippen LogP contribution is 2.43. The standard InChI is InChI=1S/C12H14BrNO4/c1-2-17-8-12(5-6-12)18-11-4-3-9(13)7-10(11)14(15)16/h3-4,7H,2,5-6,8H2,1H3. The summed E-state index contributed by atoms with van der Waals surface area (Å²) in [5.41, 5.74) is -0.388. The van der Waals surface area contributed by atoms with Gasteiger partial charge in [0.2, 0.25) is 0 Å². The van der Waals surface area contributed by atoms with Gasteiger partial charge in [-0.1, -0.05) is 15.9 Å². The van der Waals surface area contributed by atoms with Crippen molar-refractivity contribution in [3.05, 3.63) is 32.8 Å². The second-order valence-corrected chi connectivity index (χ2v) is 5.21. The summed E-state index contributed by atoms with van der Waals surface area (Å²) in [6.07, 6.45) is 1.75. The van der Waals surface area contributed by atoms with Crippen molar-refractivity contribution in [3.63, 3.8) is 0 Å². The molecule has 1 aromatic rings. The van der Waals surface area contributed by atoms with Gasteiger partial charge in [0.1, 0.15) is 5.60 Å². The molecule has 0 amide bonds. The molecule has 5 nitrogen and oxygen atoms in total. The van der Waals surface area contributed by atoms with Crippen molar-refractivity contribution in [2.45, 2.75) is 25.4 Å². The molecule has 0 spiro atoms. The van der Waals surface area contributed by atoms with Crippen molar-refractivity contribution in [1.29, 1.82) is 0 Å². The highest BCUT2D eigenvalue weighted by molar-refractivity contribution is 9.10. The van der Waals surface area contributed by atoms with Crippen molar-refractivity contribution < 1.29 is 14.4 Å². The van der Waals surface area contributed by atoms with Crippen LogP contribution in [0.15, 0.2) is 22.7 Å². The Labute approximate surface area is 113 Å². The highest BCUT2D eigenvalue weighted by Gasteiger charge is 2.46. The van der Waals surface area contributed by atoms with E-state index >= 15 is 0 Å². The van der Waals surface area contributed by atoms with Gasteiger partial charge in [-0.2, -0.15) is 0 Å². The van der Waals surface area contributed by atoms with E-state index in [9.17, 15) is 10.1 Å². The van der Waals surface area contributed by atoms with E-state index in [0.29, 0.717) is 23.4 Å². The number of halogens is 1. The summed E-state index contributed by atoms with van der Waals surface area (Å²) >= 11 is 3.22. The maximum Gasteiger partial charge on any atom is 0.312 e. The maximum atomic E-state index is 11.0. The van der Waals surface area contributed by atoms with Crippen LogP contribution in [0.3, 0.4) is 0 Å². The summed E-state index contributed by atoms with van der Waals surface area (Å²) in [7, 11) is 0. The zero-order chi connectivity index (χ0) is 13.2. The molecule has 0 aliphatic heterocycles. The fourth-order valence-electron chi connectivity index (χ4n) is 1.66. The van der Waals surface area contributed by atoms with Crippen molar-refractivity contribution in [2.75, 3.05) is 13.2 Å². The zero-order valence-corrected chi connectivity index (χ0v) is 11.6. The minimum absolute atomic E-state index is 0.0212. The molecular weight excluding hydrogens is 302 g/mol. The molecule has 0 bridgehead atoms. The van der Waals surface area contributed by atoms with Crippen LogP contribution in [0.4, 0.5) is 5.69 Å². The number of ether oxygens (including phenoxy) is 2. The highest BCUT2D eigenvalue weighted by atomic mass is 79.9. The van der Waals surface area contributed by atoms with E-state index in [1.807, 2.05) is 6.92 Å². The van der Waals surface area contributed by atoms with Crippen LogP contribution < -0.4 is 4.74 Å². The number of hydrogen-bond donors (Lipinski definition) is 0. The Morgan fingerprint density at radius 2 is 2.22 bits per heavy atom. The van der Waals surface area contributed by atoms with E-state index in [1.165, 1.54) is 6.07 Å². The van der Waals surface area contributed by atoms with E-state index in [-0.39, 0.29) is 11.3 Å². The van der Waals surface area contributed by atoms with Gasteiger partial charge in [0.15, 0.2) is 5.75 Å². The van der Waals surface area contributed by atoms with Crippen LogP contribution in [-0.2, 0) is 4.74 Å². The lowest BCUT2D eigenvalue weighted by atomic mass is 10.3. The van der Waals surface area contributed by atoms with Gasteiger partial charge in [-0.3, -0.25) is 10.1 Å². The third kappa shape index (κ3) is 3.00. The van der Waals surface area contributed by atoms with Crippen LogP contribution in [0.5, 0.6) is 5.75 Å². The molecule has 0 N–H and O–H groups in total. The van der Waals surface area contributed by atoms with Crippen LogP contribution in [0.25, 0.3) is 0 Å². The third-order valence-electron chi connectivity index (χ3n) is 2.82. The lowest BCUT2D eigenvalue weighted by Crippen LogP contribution is -2.25. The van der Waals surface area contributed by atoms with Gasteiger partial charge in [0.05, 0.1) is 11.5 Å². The van der Waals surface area contributed by atoms with Gasteiger partial charge in [-0.15, -0.1) is 0 Å². The Morgan fingerprint density at radius 1 is 1.50 bits per heavy atom. The Kier molecular flexibility index (Phi) is 3.87. The fourth-order valence-corrected chi connectivity index (χ4v) is 2.01. The number of nitro groups is 1. The quantitative estimate of drug-likeness (QED) is 0.597. The topological polar surface area (TPSA) is 61.6 Å². The van der Waals surface area contributed by atoms with Crippen molar-refractivity contribution in [3.8, 4) is 5.75 Å². The Morgan fingerprint density at radius 3 is 2.78 bits per heavy atom. The van der Waals surface area contributed by atoms with Crippen molar-refractivity contribution in [2.24, 2.45) is 0 Å². The third-order valence-corrected chi connectivity index (χ3v) is 3.31. The van der Waals surface area contributed by atoms with Crippen LogP contribution in [0.1, 0.15) is 19.8 Å². The van der Waals surface area contributed by atoms with Gasteiger partial charge >= 0.3 is 5.69 Å². The summed E-state index contributed by atoms with van der Waals surface area (Å²) in [6.45, 7) is 3.02. The first-order valence-corrected chi connectivity index (χ1v) is 6.56. The number of hydrogen-bond acceptors (Lipinski definition) is 4. The largest absolute Gasteiger partial charge is 0.478 e. The molecule has 0 unspecified atom stereocenters. The number of rotatable bonds is 6. The lowest BCUT2D eigenvalue weighted by Gasteiger charge is -2.17. The average Bonchev–Trinajstić information content (AvgIpc) is 3.09. The molecule has 2 rings (SSSR count). The van der Waals surface area contributed by atoms with E-state index in [2.05, 4.69) is 15.9 Å². The van der Waals surface area contributed by atoms with Gasteiger partial charge in [0, 0.05) is 17.1 Å². The summed E-state index contributed by atoms with van der Waals surface area (Å²) < 4.78 is 11.8. The normalized spacial score (nSPS) is 16.3. The van der Waals surface area contributed by atoms with Gasteiger partial charge in [-0.25, -0.2) is 0 Å². The molecule has 1 aliphatic carbocycles. The molecule has 1 fully saturated rings. The fraction of sp³-hybridized carbons (Fsp3) is 0.500. The molecule has 0 atom stereocenters. The number of benzene rings is 1. The number of nitrogens with zero attached hydrogens (tertiary/aromatic N) is 1. The second-order valence-electron chi connectivity index (χ2n) is 4.29. The number of nitro benzene ring substituents is 1. The molecule has 98 valence electrons. The molecule has 0 radical (unpaired) electrons. The molecule has 1 saturated carbocycles. The van der Waals surface area contributed by atoms with Crippen molar-refractivity contribution >= 4 is 21.6 Å². The van der Waals surface area contributed by atoms with Gasteiger partial charge in [-0.05, 0) is 31.9 Å². The monoisotopic (exact) mass is 315 g/mol. The summed E-state index contributed by atoms with van der Waals surface area (Å²) in [4.78, 5) is 10.5.